The van der Waals surface area contributed by atoms with Gasteiger partial charge in [-0.25, -0.2) is 4.98 Å². The third-order valence-electron chi connectivity index (χ3n) is 4.81. The number of carbonyl (C=O) groups is 1. The Hall–Kier alpha value is -4.14. The molecule has 0 atom stereocenters. The van der Waals surface area contributed by atoms with Crippen molar-refractivity contribution in [1.29, 1.82) is 0 Å². The van der Waals surface area contributed by atoms with Gasteiger partial charge >= 0.3 is 0 Å². The van der Waals surface area contributed by atoms with Crippen LogP contribution in [0, 0.1) is 0 Å². The number of methoxy groups -OCH3 is 1. The van der Waals surface area contributed by atoms with Crippen molar-refractivity contribution < 1.29 is 14.3 Å². The van der Waals surface area contributed by atoms with Crippen molar-refractivity contribution in [2.24, 2.45) is 0 Å². The van der Waals surface area contributed by atoms with Gasteiger partial charge in [0.1, 0.15) is 24.4 Å². The second-order valence-corrected chi connectivity index (χ2v) is 7.07. The van der Waals surface area contributed by atoms with Crippen LogP contribution < -0.4 is 20.3 Å². The van der Waals surface area contributed by atoms with E-state index in [0.29, 0.717) is 40.8 Å². The van der Waals surface area contributed by atoms with Crippen LogP contribution in [-0.2, 0) is 13.2 Å². The van der Waals surface area contributed by atoms with Crippen molar-refractivity contribution >= 4 is 17.4 Å². The summed E-state index contributed by atoms with van der Waals surface area (Å²) in [4.78, 5) is 33.8. The van der Waals surface area contributed by atoms with Crippen LogP contribution in [0.4, 0.5) is 5.69 Å². The number of nitrogens with zero attached hydrogens (tertiary/aromatic N) is 4. The zero-order chi connectivity index (χ0) is 22.5. The lowest BCUT2D eigenvalue weighted by Crippen LogP contribution is -2.22. The molecule has 1 N–H and O–H groups in total. The molecule has 0 aliphatic heterocycles. The van der Waals surface area contributed by atoms with Gasteiger partial charge in [-0.2, -0.15) is 9.50 Å². The predicted octanol–water partition coefficient (Wildman–Crippen LogP) is 3.14. The molecule has 4 rings (SSSR count). The fourth-order valence-corrected chi connectivity index (χ4v) is 3.25. The number of amides is 1. The van der Waals surface area contributed by atoms with Gasteiger partial charge < -0.3 is 14.8 Å². The number of aromatic nitrogens is 4. The summed E-state index contributed by atoms with van der Waals surface area (Å²) < 4.78 is 14.2. The molecule has 0 fully saturated rings. The maximum Gasteiger partial charge on any atom is 0.274 e. The van der Waals surface area contributed by atoms with Gasteiger partial charge in [0.05, 0.1) is 18.5 Å². The number of benzene rings is 2. The van der Waals surface area contributed by atoms with Crippen molar-refractivity contribution in [2.45, 2.75) is 26.5 Å². The summed E-state index contributed by atoms with van der Waals surface area (Å²) in [6.45, 7) is 2.76. The first-order valence-corrected chi connectivity index (χ1v) is 10.2. The summed E-state index contributed by atoms with van der Waals surface area (Å²) in [5.41, 5.74) is 1.23. The highest BCUT2D eigenvalue weighted by atomic mass is 16.5. The van der Waals surface area contributed by atoms with E-state index >= 15 is 0 Å². The van der Waals surface area contributed by atoms with E-state index in [1.807, 2.05) is 6.92 Å². The van der Waals surface area contributed by atoms with Crippen LogP contribution in [-0.4, -0.2) is 32.2 Å². The molecule has 0 radical (unpaired) electrons. The van der Waals surface area contributed by atoms with Crippen molar-refractivity contribution in [3.05, 3.63) is 82.5 Å². The maximum absolute atomic E-state index is 12.6. The number of nitrogens with one attached hydrogen (secondary N) is 1. The normalized spacial score (nSPS) is 10.8. The maximum atomic E-state index is 12.6. The van der Waals surface area contributed by atoms with Gasteiger partial charge in [0.2, 0.25) is 0 Å². The topological polar surface area (TPSA) is 99.8 Å². The van der Waals surface area contributed by atoms with E-state index in [4.69, 9.17) is 9.47 Å². The SMILES string of the molecule is CCCn1cnc2nc(COc3ccccc3NC(=O)c3ccc(OC)cc3)cc(=O)n21. The predicted molar refractivity (Wildman–Crippen MR) is 119 cm³/mol. The molecule has 0 saturated carbocycles. The van der Waals surface area contributed by atoms with Crippen molar-refractivity contribution in [3.8, 4) is 11.5 Å². The molecule has 2 aromatic carbocycles. The Balaban J connectivity index is 1.49. The minimum absolute atomic E-state index is 0.0573. The van der Waals surface area contributed by atoms with Crippen LogP contribution >= 0.6 is 0 Å². The van der Waals surface area contributed by atoms with E-state index < -0.39 is 0 Å². The fraction of sp³-hybridized carbons (Fsp3) is 0.217. The zero-order valence-corrected chi connectivity index (χ0v) is 17.8. The highest BCUT2D eigenvalue weighted by Gasteiger charge is 2.12. The van der Waals surface area contributed by atoms with Gasteiger partial charge in [-0.05, 0) is 42.8 Å². The summed E-state index contributed by atoms with van der Waals surface area (Å²) in [6.07, 6.45) is 2.48. The molecule has 2 aromatic heterocycles. The van der Waals surface area contributed by atoms with E-state index in [1.165, 1.54) is 10.6 Å². The van der Waals surface area contributed by atoms with Crippen LogP contribution in [0.15, 0.2) is 65.7 Å². The molecule has 4 aromatic rings. The molecule has 0 bridgehead atoms. The number of carbonyl (C=O) groups excluding carboxylic acids is 1. The number of rotatable bonds is 8. The van der Waals surface area contributed by atoms with E-state index in [0.717, 1.165) is 6.42 Å². The van der Waals surface area contributed by atoms with Gasteiger partial charge in [0.25, 0.3) is 17.2 Å². The summed E-state index contributed by atoms with van der Waals surface area (Å²) in [7, 11) is 1.57. The van der Waals surface area contributed by atoms with Crippen molar-refractivity contribution in [2.75, 3.05) is 12.4 Å². The lowest BCUT2D eigenvalue weighted by molar-refractivity contribution is 0.102. The van der Waals surface area contributed by atoms with E-state index in [1.54, 1.807) is 66.6 Å². The first kappa shape index (κ1) is 21.1. The lowest BCUT2D eigenvalue weighted by atomic mass is 10.2. The summed E-state index contributed by atoms with van der Waals surface area (Å²) in [6, 6.07) is 15.3. The third-order valence-corrected chi connectivity index (χ3v) is 4.81. The molecule has 0 unspecified atom stereocenters. The van der Waals surface area contributed by atoms with Crippen LogP contribution in [0.5, 0.6) is 11.5 Å². The second-order valence-electron chi connectivity index (χ2n) is 7.07. The van der Waals surface area contributed by atoms with Crippen molar-refractivity contribution in [3.63, 3.8) is 0 Å². The summed E-state index contributed by atoms with van der Waals surface area (Å²) >= 11 is 0. The molecule has 2 heterocycles. The monoisotopic (exact) mass is 433 g/mol. The Kier molecular flexibility index (Phi) is 6.16. The number of fused-ring (bicyclic) bond motifs is 1. The Morgan fingerprint density at radius 2 is 1.91 bits per heavy atom. The average Bonchev–Trinajstić information content (AvgIpc) is 3.22. The highest BCUT2D eigenvalue weighted by molar-refractivity contribution is 6.05. The Morgan fingerprint density at radius 3 is 2.66 bits per heavy atom. The van der Waals surface area contributed by atoms with Crippen LogP contribution in [0.2, 0.25) is 0 Å². The first-order chi connectivity index (χ1) is 15.6. The Bertz CT molecular complexity index is 1290. The van der Waals surface area contributed by atoms with Crippen LogP contribution in [0.3, 0.4) is 0 Å². The largest absolute Gasteiger partial charge is 0.497 e. The molecule has 0 aliphatic rings. The standard InChI is InChI=1S/C23H23N5O4/c1-3-12-27-15-24-23-25-17(13-21(29)28(23)27)14-32-20-7-5-4-6-19(20)26-22(30)16-8-10-18(31-2)11-9-16/h4-11,13,15H,3,12,14H2,1-2H3,(H,26,30). The van der Waals surface area contributed by atoms with E-state index in [9.17, 15) is 9.59 Å². The molecule has 9 nitrogen and oxygen atoms in total. The number of hydrogen-bond acceptors (Lipinski definition) is 6. The third kappa shape index (κ3) is 4.46. The number of hydrogen-bond donors (Lipinski definition) is 1. The average molecular weight is 433 g/mol. The smallest absolute Gasteiger partial charge is 0.274 e. The molecule has 9 heteroatoms. The molecule has 164 valence electrons. The fourth-order valence-electron chi connectivity index (χ4n) is 3.25. The highest BCUT2D eigenvalue weighted by Crippen LogP contribution is 2.25. The van der Waals surface area contributed by atoms with Crippen LogP contribution in [0.1, 0.15) is 29.4 Å². The lowest BCUT2D eigenvalue weighted by Gasteiger charge is -2.12. The molecular weight excluding hydrogens is 410 g/mol. The Labute approximate surface area is 184 Å². The number of ether oxygens (including phenoxy) is 2. The summed E-state index contributed by atoms with van der Waals surface area (Å²) in [5.74, 6) is 1.19. The van der Waals surface area contributed by atoms with Gasteiger partial charge in [-0.15, -0.1) is 0 Å². The number of aryl methyl sites for hydroxylation is 1. The molecule has 32 heavy (non-hydrogen) atoms. The Morgan fingerprint density at radius 1 is 1.12 bits per heavy atom. The van der Waals surface area contributed by atoms with Gasteiger partial charge in [-0.3, -0.25) is 14.3 Å². The number of para-hydroxylation sites is 2. The van der Waals surface area contributed by atoms with Crippen molar-refractivity contribution in [1.82, 2.24) is 19.2 Å². The minimum Gasteiger partial charge on any atom is -0.497 e. The molecule has 1 amide bonds. The zero-order valence-electron chi connectivity index (χ0n) is 17.8. The van der Waals surface area contributed by atoms with Gasteiger partial charge in [0, 0.05) is 18.2 Å². The van der Waals surface area contributed by atoms with Gasteiger partial charge in [-0.1, -0.05) is 19.1 Å². The first-order valence-electron chi connectivity index (χ1n) is 10.2. The number of anilines is 1. The quantitative estimate of drug-likeness (QED) is 0.458. The molecule has 0 spiro atoms. The molecular formula is C23H23N5O4. The summed E-state index contributed by atoms with van der Waals surface area (Å²) in [5, 5.41) is 2.85. The molecule has 0 aliphatic carbocycles. The minimum atomic E-state index is -0.275. The van der Waals surface area contributed by atoms with E-state index in [-0.39, 0.29) is 18.1 Å². The van der Waals surface area contributed by atoms with E-state index in [2.05, 4.69) is 15.3 Å². The van der Waals surface area contributed by atoms with Gasteiger partial charge in [0.15, 0.2) is 0 Å². The second kappa shape index (κ2) is 9.34. The molecule has 0 saturated heterocycles. The van der Waals surface area contributed by atoms with Crippen LogP contribution in [0.25, 0.3) is 5.78 Å².